The molecule has 1 unspecified atom stereocenters. The highest BCUT2D eigenvalue weighted by molar-refractivity contribution is 7.85. The fourth-order valence-corrected chi connectivity index (χ4v) is 1.46. The minimum atomic E-state index is -1.11. The summed E-state index contributed by atoms with van der Waals surface area (Å²) in [4.78, 5) is 0. The molecule has 0 saturated heterocycles. The zero-order valence-corrected chi connectivity index (χ0v) is 8.60. The maximum atomic E-state index is 10.9. The molecule has 0 fully saturated rings. The summed E-state index contributed by atoms with van der Waals surface area (Å²) in [6.45, 7) is -0.177. The van der Waals surface area contributed by atoms with Crippen LogP contribution in [0.4, 0.5) is 5.69 Å². The molecular formula is C10H11NO2S. The fraction of sp³-hybridized carbons (Fsp3) is 0.200. The van der Waals surface area contributed by atoms with E-state index in [1.807, 2.05) is 12.1 Å². The summed E-state index contributed by atoms with van der Waals surface area (Å²) in [7, 11) is -1.11. The van der Waals surface area contributed by atoms with Crippen molar-refractivity contribution in [2.75, 3.05) is 17.6 Å². The summed E-state index contributed by atoms with van der Waals surface area (Å²) in [5.41, 5.74) is 1.45. The molecule has 1 atom stereocenters. The van der Waals surface area contributed by atoms with Gasteiger partial charge in [-0.1, -0.05) is 24.0 Å². The van der Waals surface area contributed by atoms with Crippen LogP contribution in [0.2, 0.25) is 0 Å². The van der Waals surface area contributed by atoms with Crippen LogP contribution in [0.1, 0.15) is 5.56 Å². The predicted octanol–water partition coefficient (Wildman–Crippen LogP) is 0.736. The Labute approximate surface area is 85.7 Å². The highest BCUT2D eigenvalue weighted by Crippen LogP contribution is 2.13. The minimum absolute atomic E-state index is 0.177. The lowest BCUT2D eigenvalue weighted by atomic mass is 10.2. The van der Waals surface area contributed by atoms with Crippen LogP contribution in [0.5, 0.6) is 0 Å². The first-order chi connectivity index (χ1) is 6.74. The summed E-state index contributed by atoms with van der Waals surface area (Å²) in [5, 5.41) is 8.55. The Bertz CT molecular complexity index is 393. The first kappa shape index (κ1) is 10.8. The molecule has 1 aromatic rings. The Morgan fingerprint density at radius 2 is 2.21 bits per heavy atom. The molecule has 1 rings (SSSR count). The number of benzene rings is 1. The minimum Gasteiger partial charge on any atom is -0.384 e. The summed E-state index contributed by atoms with van der Waals surface area (Å²) in [6.07, 6.45) is 1.55. The average molecular weight is 209 g/mol. The molecule has 0 aromatic heterocycles. The number of hydrogen-bond acceptors (Lipinski definition) is 2. The molecule has 0 radical (unpaired) electrons. The normalized spacial score (nSPS) is 11.3. The summed E-state index contributed by atoms with van der Waals surface area (Å²) >= 11 is 0. The van der Waals surface area contributed by atoms with Gasteiger partial charge in [-0.3, -0.25) is 0 Å². The average Bonchev–Trinajstić information content (AvgIpc) is 2.16. The van der Waals surface area contributed by atoms with Crippen molar-refractivity contribution in [2.45, 2.75) is 0 Å². The van der Waals surface area contributed by atoms with Crippen molar-refractivity contribution in [3.63, 3.8) is 0 Å². The molecule has 74 valence electrons. The van der Waals surface area contributed by atoms with Crippen LogP contribution < -0.4 is 4.72 Å². The standard InChI is InChI=1S/C10H11NO2S/c1-14(13)11-10-7-3-2-5-9(10)6-4-8-12/h2-3,5,7,11-12H,8H2,1H3. The van der Waals surface area contributed by atoms with E-state index in [2.05, 4.69) is 16.6 Å². The number of nitrogens with one attached hydrogen (secondary N) is 1. The molecular weight excluding hydrogens is 198 g/mol. The Kier molecular flexibility index (Phi) is 4.17. The number of hydrogen-bond donors (Lipinski definition) is 2. The van der Waals surface area contributed by atoms with E-state index in [4.69, 9.17) is 5.11 Å². The molecule has 4 heteroatoms. The van der Waals surface area contributed by atoms with E-state index in [9.17, 15) is 4.21 Å². The van der Waals surface area contributed by atoms with E-state index in [0.29, 0.717) is 5.69 Å². The fourth-order valence-electron chi connectivity index (χ4n) is 0.971. The van der Waals surface area contributed by atoms with E-state index in [-0.39, 0.29) is 6.61 Å². The molecule has 0 aliphatic heterocycles. The molecule has 0 bridgehead atoms. The van der Waals surface area contributed by atoms with E-state index in [1.54, 1.807) is 18.4 Å². The lowest BCUT2D eigenvalue weighted by Gasteiger charge is -2.04. The smallest absolute Gasteiger partial charge is 0.113 e. The number of para-hydroxylation sites is 1. The molecule has 0 heterocycles. The van der Waals surface area contributed by atoms with Crippen molar-refractivity contribution in [3.05, 3.63) is 29.8 Å². The van der Waals surface area contributed by atoms with Crippen molar-refractivity contribution in [1.82, 2.24) is 0 Å². The maximum absolute atomic E-state index is 10.9. The number of aliphatic hydroxyl groups is 1. The molecule has 2 N–H and O–H groups in total. The van der Waals surface area contributed by atoms with Gasteiger partial charge in [0.1, 0.15) is 17.6 Å². The lowest BCUT2D eigenvalue weighted by molar-refractivity contribution is 0.350. The van der Waals surface area contributed by atoms with Crippen LogP contribution in [-0.2, 0) is 11.0 Å². The highest BCUT2D eigenvalue weighted by atomic mass is 32.2. The van der Waals surface area contributed by atoms with Gasteiger partial charge in [-0.25, -0.2) is 4.21 Å². The van der Waals surface area contributed by atoms with Crippen LogP contribution in [0.15, 0.2) is 24.3 Å². The second-order valence-electron chi connectivity index (χ2n) is 2.56. The van der Waals surface area contributed by atoms with Gasteiger partial charge in [0, 0.05) is 11.8 Å². The van der Waals surface area contributed by atoms with Crippen molar-refractivity contribution < 1.29 is 9.32 Å². The van der Waals surface area contributed by atoms with Crippen LogP contribution in [0, 0.1) is 11.8 Å². The highest BCUT2D eigenvalue weighted by Gasteiger charge is 1.98. The molecule has 0 amide bonds. The van der Waals surface area contributed by atoms with E-state index >= 15 is 0 Å². The Morgan fingerprint density at radius 3 is 2.86 bits per heavy atom. The Balaban J connectivity index is 2.96. The molecule has 0 aliphatic carbocycles. The second kappa shape index (κ2) is 5.43. The van der Waals surface area contributed by atoms with Gasteiger partial charge in [0.05, 0.1) is 5.69 Å². The van der Waals surface area contributed by atoms with Gasteiger partial charge in [0.15, 0.2) is 0 Å². The lowest BCUT2D eigenvalue weighted by Crippen LogP contribution is -2.02. The van der Waals surface area contributed by atoms with Crippen LogP contribution in [0.3, 0.4) is 0 Å². The third-order valence-electron chi connectivity index (χ3n) is 1.48. The first-order valence-corrected chi connectivity index (χ1v) is 5.58. The summed E-state index contributed by atoms with van der Waals surface area (Å²) in [6, 6.07) is 7.27. The largest absolute Gasteiger partial charge is 0.384 e. The van der Waals surface area contributed by atoms with E-state index in [1.165, 1.54) is 0 Å². The van der Waals surface area contributed by atoms with Gasteiger partial charge in [-0.15, -0.1) is 0 Å². The first-order valence-electron chi connectivity index (χ1n) is 4.03. The number of anilines is 1. The monoisotopic (exact) mass is 209 g/mol. The molecule has 0 saturated carbocycles. The molecule has 0 spiro atoms. The quantitative estimate of drug-likeness (QED) is 0.706. The van der Waals surface area contributed by atoms with Crippen molar-refractivity contribution in [2.24, 2.45) is 0 Å². The van der Waals surface area contributed by atoms with Gasteiger partial charge < -0.3 is 9.83 Å². The van der Waals surface area contributed by atoms with Gasteiger partial charge in [0.2, 0.25) is 0 Å². The number of aliphatic hydroxyl groups excluding tert-OH is 1. The van der Waals surface area contributed by atoms with E-state index < -0.39 is 11.0 Å². The number of rotatable bonds is 2. The SMILES string of the molecule is CS(=O)Nc1ccccc1C#CCO. The maximum Gasteiger partial charge on any atom is 0.113 e. The van der Waals surface area contributed by atoms with Crippen molar-refractivity contribution in [3.8, 4) is 11.8 Å². The van der Waals surface area contributed by atoms with Gasteiger partial charge >= 0.3 is 0 Å². The molecule has 3 nitrogen and oxygen atoms in total. The Hall–Kier alpha value is -1.31. The van der Waals surface area contributed by atoms with Crippen LogP contribution in [-0.4, -0.2) is 22.2 Å². The molecule has 14 heavy (non-hydrogen) atoms. The molecule has 0 aliphatic rings. The third-order valence-corrected chi connectivity index (χ3v) is 1.99. The summed E-state index contributed by atoms with van der Waals surface area (Å²) in [5.74, 6) is 5.32. The van der Waals surface area contributed by atoms with Crippen LogP contribution >= 0.6 is 0 Å². The molecule has 1 aromatic carbocycles. The van der Waals surface area contributed by atoms with Gasteiger partial charge in [-0.05, 0) is 12.1 Å². The summed E-state index contributed by atoms with van der Waals surface area (Å²) < 4.78 is 13.7. The topological polar surface area (TPSA) is 49.3 Å². The zero-order chi connectivity index (χ0) is 10.4. The van der Waals surface area contributed by atoms with Crippen molar-refractivity contribution in [1.29, 1.82) is 0 Å². The second-order valence-corrected chi connectivity index (χ2v) is 3.67. The van der Waals surface area contributed by atoms with Gasteiger partial charge in [0.25, 0.3) is 0 Å². The van der Waals surface area contributed by atoms with Crippen LogP contribution in [0.25, 0.3) is 0 Å². The van der Waals surface area contributed by atoms with Gasteiger partial charge in [-0.2, -0.15) is 0 Å². The van der Waals surface area contributed by atoms with Crippen molar-refractivity contribution >= 4 is 16.7 Å². The third kappa shape index (κ3) is 3.21. The Morgan fingerprint density at radius 1 is 1.50 bits per heavy atom. The van der Waals surface area contributed by atoms with E-state index in [0.717, 1.165) is 5.56 Å². The predicted molar refractivity (Wildman–Crippen MR) is 58.1 cm³/mol. The zero-order valence-electron chi connectivity index (χ0n) is 7.78.